The van der Waals surface area contributed by atoms with E-state index in [1.54, 1.807) is 16.7 Å². The maximum Gasteiger partial charge on any atom is 0.318 e. The maximum absolute atomic E-state index is 12.4. The molecule has 2 unspecified atom stereocenters. The van der Waals surface area contributed by atoms with Gasteiger partial charge in [0.1, 0.15) is 0 Å². The van der Waals surface area contributed by atoms with Gasteiger partial charge in [0.15, 0.2) is 0 Å². The number of nitrogens with one attached hydrogen (secondary N) is 1. The van der Waals surface area contributed by atoms with Crippen LogP contribution in [0.15, 0.2) is 0 Å². The molecule has 0 aromatic rings. The molecule has 6 heteroatoms. The average Bonchev–Trinajstić information content (AvgIpc) is 2.74. The van der Waals surface area contributed by atoms with E-state index in [1.807, 2.05) is 20.8 Å². The van der Waals surface area contributed by atoms with Crippen molar-refractivity contribution in [1.82, 2.24) is 10.2 Å². The Kier molecular flexibility index (Phi) is 6.17. The van der Waals surface area contributed by atoms with Crippen LogP contribution >= 0.6 is 11.8 Å². The zero-order chi connectivity index (χ0) is 15.3. The molecule has 0 radical (unpaired) electrons. The lowest BCUT2D eigenvalue weighted by Gasteiger charge is -2.36. The molecule has 1 saturated carbocycles. The minimum atomic E-state index is -0.880. The summed E-state index contributed by atoms with van der Waals surface area (Å²) in [5.41, 5.74) is -0.382. The molecule has 2 amide bonds. The van der Waals surface area contributed by atoms with Crippen LogP contribution in [0, 0.1) is 0 Å². The lowest BCUT2D eigenvalue weighted by molar-refractivity contribution is -0.137. The van der Waals surface area contributed by atoms with E-state index >= 15 is 0 Å². The highest BCUT2D eigenvalue weighted by molar-refractivity contribution is 7.99. The van der Waals surface area contributed by atoms with Gasteiger partial charge in [-0.15, -0.1) is 0 Å². The zero-order valence-corrected chi connectivity index (χ0v) is 13.6. The first-order valence-corrected chi connectivity index (χ1v) is 8.37. The maximum atomic E-state index is 12.4. The number of carboxylic acid groups (broad SMARTS) is 1. The van der Waals surface area contributed by atoms with Gasteiger partial charge in [-0.3, -0.25) is 4.79 Å². The first-order chi connectivity index (χ1) is 9.25. The Morgan fingerprint density at radius 2 is 2.00 bits per heavy atom. The van der Waals surface area contributed by atoms with E-state index in [-0.39, 0.29) is 30.6 Å². The second-order valence-corrected chi connectivity index (χ2v) is 7.30. The van der Waals surface area contributed by atoms with Crippen LogP contribution < -0.4 is 5.32 Å². The summed E-state index contributed by atoms with van der Waals surface area (Å²) in [6.45, 7) is 6.01. The fraction of sp³-hybridized carbons (Fsp3) is 0.857. The van der Waals surface area contributed by atoms with Gasteiger partial charge in [0.25, 0.3) is 0 Å². The van der Waals surface area contributed by atoms with Gasteiger partial charge in [-0.2, -0.15) is 11.8 Å². The third kappa shape index (κ3) is 4.89. The number of urea groups is 1. The summed E-state index contributed by atoms with van der Waals surface area (Å²) in [6, 6.07) is 0.0527. The lowest BCUT2D eigenvalue weighted by Crippen LogP contribution is -2.54. The SMILES string of the molecule is CSC1CCCC1NC(=O)N(CCC(=O)O)C(C)(C)C. The predicted octanol–water partition coefficient (Wildman–Crippen LogP) is 2.56. The average molecular weight is 302 g/mol. The van der Waals surface area contributed by atoms with E-state index < -0.39 is 5.97 Å². The molecule has 0 heterocycles. The van der Waals surface area contributed by atoms with Crippen molar-refractivity contribution in [3.63, 3.8) is 0 Å². The highest BCUT2D eigenvalue weighted by Crippen LogP contribution is 2.28. The molecule has 5 nitrogen and oxygen atoms in total. The molecule has 1 aliphatic carbocycles. The fourth-order valence-corrected chi connectivity index (χ4v) is 3.49. The first kappa shape index (κ1) is 17.1. The molecule has 2 N–H and O–H groups in total. The molecule has 1 rings (SSSR count). The Morgan fingerprint density at radius 3 is 2.50 bits per heavy atom. The van der Waals surface area contributed by atoms with Crippen molar-refractivity contribution in [2.45, 2.75) is 63.3 Å². The molecule has 1 fully saturated rings. The Labute approximate surface area is 125 Å². The van der Waals surface area contributed by atoms with Crippen molar-refractivity contribution in [3.8, 4) is 0 Å². The summed E-state index contributed by atoms with van der Waals surface area (Å²) >= 11 is 1.79. The van der Waals surface area contributed by atoms with Crippen LogP contribution in [0.5, 0.6) is 0 Å². The van der Waals surface area contributed by atoms with Crippen LogP contribution in [-0.2, 0) is 4.79 Å². The van der Waals surface area contributed by atoms with E-state index in [1.165, 1.54) is 0 Å². The van der Waals surface area contributed by atoms with Crippen molar-refractivity contribution in [2.75, 3.05) is 12.8 Å². The molecule has 0 aromatic heterocycles. The smallest absolute Gasteiger partial charge is 0.318 e. The van der Waals surface area contributed by atoms with E-state index in [9.17, 15) is 9.59 Å². The number of aliphatic carboxylic acids is 1. The molecule has 20 heavy (non-hydrogen) atoms. The highest BCUT2D eigenvalue weighted by atomic mass is 32.2. The van der Waals surface area contributed by atoms with Crippen LogP contribution in [0.3, 0.4) is 0 Å². The zero-order valence-electron chi connectivity index (χ0n) is 12.8. The first-order valence-electron chi connectivity index (χ1n) is 7.08. The number of hydrogen-bond donors (Lipinski definition) is 2. The number of carboxylic acids is 1. The quantitative estimate of drug-likeness (QED) is 0.819. The van der Waals surface area contributed by atoms with Crippen LogP contribution in [0.25, 0.3) is 0 Å². The summed E-state index contributed by atoms with van der Waals surface area (Å²) in [4.78, 5) is 24.8. The summed E-state index contributed by atoms with van der Waals surface area (Å²) in [6.07, 6.45) is 5.33. The molecular formula is C14H26N2O3S. The number of carbonyl (C=O) groups is 2. The van der Waals surface area contributed by atoms with Crippen molar-refractivity contribution < 1.29 is 14.7 Å². The van der Waals surface area contributed by atoms with E-state index in [4.69, 9.17) is 5.11 Å². The van der Waals surface area contributed by atoms with Crippen molar-refractivity contribution in [2.24, 2.45) is 0 Å². The molecule has 0 saturated heterocycles. The molecular weight excluding hydrogens is 276 g/mol. The van der Waals surface area contributed by atoms with Gasteiger partial charge >= 0.3 is 12.0 Å². The molecule has 2 atom stereocenters. The van der Waals surface area contributed by atoms with Gasteiger partial charge < -0.3 is 15.3 Å². The predicted molar refractivity (Wildman–Crippen MR) is 82.2 cm³/mol. The summed E-state index contributed by atoms with van der Waals surface area (Å²) in [5.74, 6) is -0.880. The van der Waals surface area contributed by atoms with Crippen LogP contribution in [0.2, 0.25) is 0 Å². The number of hydrogen-bond acceptors (Lipinski definition) is 3. The van der Waals surface area contributed by atoms with E-state index in [2.05, 4.69) is 11.6 Å². The standard InChI is InChI=1S/C14H26N2O3S/c1-14(2,3)16(9-8-12(17)18)13(19)15-10-6-5-7-11(10)20-4/h10-11H,5-9H2,1-4H3,(H,15,19)(H,17,18). The molecule has 116 valence electrons. The normalized spacial score (nSPS) is 22.6. The number of rotatable bonds is 5. The molecule has 0 bridgehead atoms. The fourth-order valence-electron chi connectivity index (χ4n) is 2.56. The van der Waals surface area contributed by atoms with Gasteiger partial charge in [0.2, 0.25) is 0 Å². The molecule has 1 aliphatic rings. The van der Waals surface area contributed by atoms with Gasteiger partial charge in [-0.1, -0.05) is 6.42 Å². The lowest BCUT2D eigenvalue weighted by atomic mass is 10.1. The third-order valence-electron chi connectivity index (χ3n) is 3.67. The Hall–Kier alpha value is -0.910. The Balaban J connectivity index is 2.65. The van der Waals surface area contributed by atoms with Crippen molar-refractivity contribution in [3.05, 3.63) is 0 Å². The number of nitrogens with zero attached hydrogens (tertiary/aromatic N) is 1. The third-order valence-corrected chi connectivity index (χ3v) is 4.84. The summed E-state index contributed by atoms with van der Waals surface area (Å²) in [5, 5.41) is 12.4. The van der Waals surface area contributed by atoms with Gasteiger partial charge in [0.05, 0.1) is 6.42 Å². The number of amides is 2. The summed E-state index contributed by atoms with van der Waals surface area (Å²) in [7, 11) is 0. The highest BCUT2D eigenvalue weighted by Gasteiger charge is 2.32. The van der Waals surface area contributed by atoms with E-state index in [0.29, 0.717) is 5.25 Å². The van der Waals surface area contributed by atoms with Crippen LogP contribution in [0.4, 0.5) is 4.79 Å². The second-order valence-electron chi connectivity index (χ2n) is 6.23. The number of thioether (sulfide) groups is 1. The largest absolute Gasteiger partial charge is 0.481 e. The van der Waals surface area contributed by atoms with E-state index in [0.717, 1.165) is 19.3 Å². The minimum Gasteiger partial charge on any atom is -0.481 e. The molecule has 0 aliphatic heterocycles. The summed E-state index contributed by atoms with van der Waals surface area (Å²) < 4.78 is 0. The minimum absolute atomic E-state index is 0.0265. The Bertz CT molecular complexity index is 355. The van der Waals surface area contributed by atoms with Crippen LogP contribution in [0.1, 0.15) is 46.5 Å². The van der Waals surface area contributed by atoms with Crippen molar-refractivity contribution >= 4 is 23.8 Å². The van der Waals surface area contributed by atoms with Gasteiger partial charge in [-0.05, 0) is 39.9 Å². The van der Waals surface area contributed by atoms with Crippen LogP contribution in [-0.4, -0.2) is 51.6 Å². The van der Waals surface area contributed by atoms with Crippen molar-refractivity contribution in [1.29, 1.82) is 0 Å². The molecule has 0 spiro atoms. The second kappa shape index (κ2) is 7.20. The topological polar surface area (TPSA) is 69.6 Å². The Morgan fingerprint density at radius 1 is 1.35 bits per heavy atom. The molecule has 0 aromatic carbocycles. The van der Waals surface area contributed by atoms with Gasteiger partial charge in [-0.25, -0.2) is 4.79 Å². The van der Waals surface area contributed by atoms with Gasteiger partial charge in [0, 0.05) is 23.4 Å². The number of carbonyl (C=O) groups excluding carboxylic acids is 1. The monoisotopic (exact) mass is 302 g/mol.